The van der Waals surface area contributed by atoms with Crippen molar-refractivity contribution in [2.45, 2.75) is 44.3 Å². The Morgan fingerprint density at radius 3 is 2.86 bits per heavy atom. The molecule has 0 radical (unpaired) electrons. The van der Waals surface area contributed by atoms with E-state index in [9.17, 15) is 15.3 Å². The maximum absolute atomic E-state index is 10.4. The van der Waals surface area contributed by atoms with E-state index in [1.54, 1.807) is 6.07 Å². The van der Waals surface area contributed by atoms with E-state index in [2.05, 4.69) is 19.1 Å². The summed E-state index contributed by atoms with van der Waals surface area (Å²) >= 11 is 0. The SMILES string of the molecule is C[C@]12CC[C@@H]3c4ccc(O)cc4C=C[C@H]3[C@@H]1C[C@@H](O)[C@@H]2O. The second-order valence-electron chi connectivity index (χ2n) is 7.26. The summed E-state index contributed by atoms with van der Waals surface area (Å²) in [5.41, 5.74) is 2.25. The van der Waals surface area contributed by atoms with Crippen molar-refractivity contribution in [1.29, 1.82) is 0 Å². The van der Waals surface area contributed by atoms with Crippen LogP contribution in [0.25, 0.3) is 6.08 Å². The first-order valence-corrected chi connectivity index (χ1v) is 7.88. The number of phenolic OH excluding ortho intramolecular Hbond substituents is 1. The molecule has 4 rings (SSSR count). The van der Waals surface area contributed by atoms with Gasteiger partial charge < -0.3 is 15.3 Å². The number of benzene rings is 1. The molecule has 0 aliphatic heterocycles. The summed E-state index contributed by atoms with van der Waals surface area (Å²) in [7, 11) is 0. The quantitative estimate of drug-likeness (QED) is 0.687. The van der Waals surface area contributed by atoms with E-state index in [-0.39, 0.29) is 5.41 Å². The van der Waals surface area contributed by atoms with Gasteiger partial charge in [-0.25, -0.2) is 0 Å². The molecule has 0 heterocycles. The molecule has 3 nitrogen and oxygen atoms in total. The number of rotatable bonds is 0. The third-order valence-corrected chi connectivity index (χ3v) is 6.27. The first-order valence-electron chi connectivity index (χ1n) is 7.88. The summed E-state index contributed by atoms with van der Waals surface area (Å²) in [5.74, 6) is 1.47. The Hall–Kier alpha value is -1.32. The van der Waals surface area contributed by atoms with Crippen molar-refractivity contribution < 1.29 is 15.3 Å². The van der Waals surface area contributed by atoms with Gasteiger partial charge >= 0.3 is 0 Å². The van der Waals surface area contributed by atoms with Crippen molar-refractivity contribution in [2.75, 3.05) is 0 Å². The minimum Gasteiger partial charge on any atom is -0.508 e. The Labute approximate surface area is 124 Å². The predicted molar refractivity (Wildman–Crippen MR) is 80.8 cm³/mol. The fraction of sp³-hybridized carbons (Fsp3) is 0.556. The molecule has 0 aromatic heterocycles. The number of allylic oxidation sites excluding steroid dienone is 1. The molecule has 0 saturated heterocycles. The number of hydrogen-bond donors (Lipinski definition) is 3. The zero-order valence-electron chi connectivity index (χ0n) is 12.2. The van der Waals surface area contributed by atoms with Crippen LogP contribution in [-0.4, -0.2) is 27.5 Å². The van der Waals surface area contributed by atoms with Crippen molar-refractivity contribution in [3.8, 4) is 5.75 Å². The van der Waals surface area contributed by atoms with E-state index in [0.29, 0.717) is 29.9 Å². The maximum Gasteiger partial charge on any atom is 0.116 e. The van der Waals surface area contributed by atoms with Crippen molar-refractivity contribution in [2.24, 2.45) is 17.3 Å². The smallest absolute Gasteiger partial charge is 0.116 e. The highest BCUT2D eigenvalue weighted by atomic mass is 16.3. The monoisotopic (exact) mass is 286 g/mol. The molecular formula is C18H22O3. The van der Waals surface area contributed by atoms with Crippen LogP contribution in [0.3, 0.4) is 0 Å². The molecular weight excluding hydrogens is 264 g/mol. The van der Waals surface area contributed by atoms with Gasteiger partial charge in [-0.05, 0) is 65.7 Å². The Kier molecular flexibility index (Phi) is 2.76. The van der Waals surface area contributed by atoms with E-state index in [4.69, 9.17) is 0 Å². The lowest BCUT2D eigenvalue weighted by molar-refractivity contribution is -0.0434. The van der Waals surface area contributed by atoms with Crippen LogP contribution in [0.4, 0.5) is 0 Å². The van der Waals surface area contributed by atoms with Gasteiger partial charge in [0.25, 0.3) is 0 Å². The number of hydrogen-bond acceptors (Lipinski definition) is 3. The van der Waals surface area contributed by atoms with Crippen molar-refractivity contribution >= 4 is 6.08 Å². The van der Waals surface area contributed by atoms with Crippen molar-refractivity contribution in [1.82, 2.24) is 0 Å². The van der Waals surface area contributed by atoms with Crippen LogP contribution in [0, 0.1) is 17.3 Å². The molecule has 0 unspecified atom stereocenters. The first-order chi connectivity index (χ1) is 10.0. The third kappa shape index (κ3) is 1.74. The van der Waals surface area contributed by atoms with Gasteiger partial charge in [0.15, 0.2) is 0 Å². The summed E-state index contributed by atoms with van der Waals surface area (Å²) in [6.07, 6.45) is 5.82. The van der Waals surface area contributed by atoms with Crippen LogP contribution < -0.4 is 0 Å². The molecule has 3 heteroatoms. The molecule has 21 heavy (non-hydrogen) atoms. The van der Waals surface area contributed by atoms with Gasteiger partial charge in [0.2, 0.25) is 0 Å². The number of aliphatic hydroxyl groups excluding tert-OH is 2. The van der Waals surface area contributed by atoms with E-state index < -0.39 is 12.2 Å². The second-order valence-corrected chi connectivity index (χ2v) is 7.26. The molecule has 0 amide bonds. The summed E-state index contributed by atoms with van der Waals surface area (Å²) in [6, 6.07) is 5.63. The molecule has 3 N–H and O–H groups in total. The topological polar surface area (TPSA) is 60.7 Å². The van der Waals surface area contributed by atoms with Gasteiger partial charge in [0.05, 0.1) is 12.2 Å². The lowest BCUT2D eigenvalue weighted by atomic mass is 9.57. The highest BCUT2D eigenvalue weighted by molar-refractivity contribution is 5.61. The third-order valence-electron chi connectivity index (χ3n) is 6.27. The summed E-state index contributed by atoms with van der Waals surface area (Å²) in [5, 5.41) is 30.1. The van der Waals surface area contributed by atoms with Crippen LogP contribution in [0.1, 0.15) is 43.2 Å². The lowest BCUT2D eigenvalue weighted by Gasteiger charge is -2.48. The van der Waals surface area contributed by atoms with E-state index >= 15 is 0 Å². The van der Waals surface area contributed by atoms with Crippen molar-refractivity contribution in [3.05, 3.63) is 35.4 Å². The molecule has 6 atom stereocenters. The normalized spacial score (nSPS) is 44.0. The maximum atomic E-state index is 10.4. The summed E-state index contributed by atoms with van der Waals surface area (Å²) < 4.78 is 0. The molecule has 1 aromatic carbocycles. The minimum absolute atomic E-state index is 0.167. The van der Waals surface area contributed by atoms with Crippen LogP contribution in [0.5, 0.6) is 5.75 Å². The Morgan fingerprint density at radius 2 is 2.05 bits per heavy atom. The van der Waals surface area contributed by atoms with Crippen LogP contribution in [0.2, 0.25) is 0 Å². The number of aromatic hydroxyl groups is 1. The van der Waals surface area contributed by atoms with Gasteiger partial charge in [0, 0.05) is 0 Å². The molecule has 0 spiro atoms. The van der Waals surface area contributed by atoms with Gasteiger partial charge in [-0.15, -0.1) is 0 Å². The summed E-state index contributed by atoms with van der Waals surface area (Å²) in [4.78, 5) is 0. The fourth-order valence-electron chi connectivity index (χ4n) is 5.08. The van der Waals surface area contributed by atoms with E-state index in [1.165, 1.54) is 5.56 Å². The number of phenols is 1. The zero-order valence-corrected chi connectivity index (χ0v) is 12.2. The van der Waals surface area contributed by atoms with Crippen LogP contribution in [-0.2, 0) is 0 Å². The molecule has 0 bridgehead atoms. The largest absolute Gasteiger partial charge is 0.508 e. The minimum atomic E-state index is -0.599. The Morgan fingerprint density at radius 1 is 1.24 bits per heavy atom. The predicted octanol–water partition coefficient (Wildman–Crippen LogP) is 2.66. The van der Waals surface area contributed by atoms with Gasteiger partial charge in [-0.1, -0.05) is 25.1 Å². The van der Waals surface area contributed by atoms with E-state index in [0.717, 1.165) is 18.4 Å². The van der Waals surface area contributed by atoms with Crippen LogP contribution in [0.15, 0.2) is 24.3 Å². The van der Waals surface area contributed by atoms with Crippen molar-refractivity contribution in [3.63, 3.8) is 0 Å². The molecule has 2 fully saturated rings. The highest BCUT2D eigenvalue weighted by Crippen LogP contribution is 2.60. The molecule has 112 valence electrons. The number of fused-ring (bicyclic) bond motifs is 5. The Balaban J connectivity index is 1.75. The molecule has 1 aromatic rings. The van der Waals surface area contributed by atoms with E-state index in [1.807, 2.05) is 12.1 Å². The van der Waals surface area contributed by atoms with Gasteiger partial charge in [0.1, 0.15) is 5.75 Å². The fourth-order valence-corrected chi connectivity index (χ4v) is 5.08. The van der Waals surface area contributed by atoms with Crippen LogP contribution >= 0.6 is 0 Å². The Bertz CT molecular complexity index is 608. The highest BCUT2D eigenvalue weighted by Gasteiger charge is 2.57. The lowest BCUT2D eigenvalue weighted by Crippen LogP contribution is -2.43. The molecule has 2 saturated carbocycles. The zero-order chi connectivity index (χ0) is 14.8. The average Bonchev–Trinajstić information content (AvgIpc) is 2.70. The summed E-state index contributed by atoms with van der Waals surface area (Å²) in [6.45, 7) is 2.13. The average molecular weight is 286 g/mol. The first kappa shape index (κ1) is 13.4. The van der Waals surface area contributed by atoms with Gasteiger partial charge in [-0.2, -0.15) is 0 Å². The molecule has 3 aliphatic rings. The molecule has 3 aliphatic carbocycles. The second kappa shape index (κ2) is 4.34. The number of aliphatic hydroxyl groups is 2. The van der Waals surface area contributed by atoms with Gasteiger partial charge in [-0.3, -0.25) is 0 Å². The standard InChI is InChI=1S/C18H22O3/c1-18-7-6-13-12-5-3-11(19)8-10(12)2-4-14(13)15(18)9-16(20)17(18)21/h2-5,8,13-17,19-21H,6-7,9H2,1H3/t13-,14-,15+,16-,17+,18+/m1/s1.